The van der Waals surface area contributed by atoms with Crippen LogP contribution in [0.4, 0.5) is 11.6 Å². The van der Waals surface area contributed by atoms with Crippen LogP contribution in [0.3, 0.4) is 0 Å². The Balaban J connectivity index is 1.54. The molecule has 2 aromatic carbocycles. The lowest BCUT2D eigenvalue weighted by molar-refractivity contribution is 0.0795. The zero-order valence-corrected chi connectivity index (χ0v) is 16.9. The first-order chi connectivity index (χ1) is 14.1. The summed E-state index contributed by atoms with van der Waals surface area (Å²) in [5.41, 5.74) is 8.92. The molecule has 146 valence electrons. The van der Waals surface area contributed by atoms with Crippen LogP contribution in [0.2, 0.25) is 0 Å². The summed E-state index contributed by atoms with van der Waals surface area (Å²) < 4.78 is 1.05. The maximum absolute atomic E-state index is 12.9. The number of benzene rings is 2. The number of aryl methyl sites for hydroxylation is 1. The first-order valence-electron chi connectivity index (χ1n) is 9.65. The Labute approximate surface area is 172 Å². The van der Waals surface area contributed by atoms with Crippen molar-refractivity contribution in [2.45, 2.75) is 19.4 Å². The van der Waals surface area contributed by atoms with Crippen LogP contribution in [0.15, 0.2) is 48.7 Å². The Morgan fingerprint density at radius 3 is 2.93 bits per heavy atom. The second-order valence-electron chi connectivity index (χ2n) is 7.46. The molecule has 0 aliphatic carbocycles. The lowest BCUT2D eigenvalue weighted by Crippen LogP contribution is -2.31. The van der Waals surface area contributed by atoms with Gasteiger partial charge in [-0.3, -0.25) is 4.79 Å². The van der Waals surface area contributed by atoms with Gasteiger partial charge in [0.1, 0.15) is 0 Å². The molecule has 5 rings (SSSR count). The number of rotatable bonds is 3. The van der Waals surface area contributed by atoms with Gasteiger partial charge < -0.3 is 16.0 Å². The van der Waals surface area contributed by atoms with E-state index in [1.165, 1.54) is 11.3 Å². The van der Waals surface area contributed by atoms with Gasteiger partial charge >= 0.3 is 0 Å². The van der Waals surface area contributed by atoms with Crippen molar-refractivity contribution in [2.75, 3.05) is 18.4 Å². The van der Waals surface area contributed by atoms with Gasteiger partial charge in [0.15, 0.2) is 0 Å². The highest BCUT2D eigenvalue weighted by atomic mass is 32.1. The van der Waals surface area contributed by atoms with Gasteiger partial charge in [-0.25, -0.2) is 9.97 Å². The van der Waals surface area contributed by atoms with Crippen LogP contribution in [-0.2, 0) is 0 Å². The van der Waals surface area contributed by atoms with Crippen LogP contribution in [0.1, 0.15) is 21.7 Å². The first-order valence-corrected chi connectivity index (χ1v) is 10.5. The molecule has 0 radical (unpaired) electrons. The molecule has 0 bridgehead atoms. The Kier molecular flexibility index (Phi) is 4.41. The molecule has 29 heavy (non-hydrogen) atoms. The summed E-state index contributed by atoms with van der Waals surface area (Å²) in [6.07, 6.45) is 2.68. The Hall–Kier alpha value is -3.03. The number of thiophene rings is 1. The fourth-order valence-electron chi connectivity index (χ4n) is 3.74. The number of likely N-dealkylation sites (tertiary alicyclic amines) is 1. The minimum Gasteiger partial charge on any atom is -0.336 e. The average molecular weight is 404 g/mol. The molecule has 1 unspecified atom stereocenters. The van der Waals surface area contributed by atoms with Crippen LogP contribution in [0, 0.1) is 6.92 Å². The fourth-order valence-corrected chi connectivity index (χ4v) is 4.77. The molecule has 3 N–H and O–H groups in total. The van der Waals surface area contributed by atoms with Crippen molar-refractivity contribution >= 4 is 49.9 Å². The molecule has 2 aromatic heterocycles. The summed E-state index contributed by atoms with van der Waals surface area (Å²) >= 11 is 1.51. The first kappa shape index (κ1) is 18.0. The molecule has 1 fully saturated rings. The molecule has 1 saturated heterocycles. The van der Waals surface area contributed by atoms with Gasteiger partial charge in [0.2, 0.25) is 5.95 Å². The maximum Gasteiger partial charge on any atom is 0.264 e. The smallest absolute Gasteiger partial charge is 0.264 e. The molecule has 7 heteroatoms. The predicted octanol–water partition coefficient (Wildman–Crippen LogP) is 4.07. The number of carbonyl (C=O) groups is 1. The number of fused-ring (bicyclic) bond motifs is 3. The second-order valence-corrected chi connectivity index (χ2v) is 8.54. The van der Waals surface area contributed by atoms with Crippen LogP contribution in [0.5, 0.6) is 0 Å². The van der Waals surface area contributed by atoms with E-state index in [-0.39, 0.29) is 11.9 Å². The van der Waals surface area contributed by atoms with Crippen molar-refractivity contribution in [3.63, 3.8) is 0 Å². The SMILES string of the molecule is Cc1ccccc1Nc1ncc2ccc3sc(C(=O)N4CCC(N)C4)cc3c2n1. The number of anilines is 2. The van der Waals surface area contributed by atoms with Crippen molar-refractivity contribution in [3.8, 4) is 0 Å². The standard InChI is InChI=1S/C22H21N5OS/c1-13-4-2-3-5-17(13)25-22-24-11-14-6-7-18-16(20(14)26-22)10-19(29-18)21(28)27-9-8-15(23)12-27/h2-7,10-11,15H,8-9,12,23H2,1H3,(H,24,25,26). The molecule has 1 aliphatic rings. The number of nitrogens with two attached hydrogens (primary N) is 1. The molecule has 1 aliphatic heterocycles. The van der Waals surface area contributed by atoms with E-state index in [1.807, 2.05) is 60.5 Å². The number of aromatic nitrogens is 2. The van der Waals surface area contributed by atoms with Gasteiger partial charge in [-0.15, -0.1) is 11.3 Å². The third-order valence-corrected chi connectivity index (χ3v) is 6.45. The Morgan fingerprint density at radius 2 is 2.14 bits per heavy atom. The van der Waals surface area contributed by atoms with Crippen molar-refractivity contribution in [1.82, 2.24) is 14.9 Å². The van der Waals surface area contributed by atoms with E-state index in [1.54, 1.807) is 0 Å². The van der Waals surface area contributed by atoms with Gasteiger partial charge in [-0.2, -0.15) is 0 Å². The minimum absolute atomic E-state index is 0.0552. The lowest BCUT2D eigenvalue weighted by atomic mass is 10.1. The van der Waals surface area contributed by atoms with E-state index in [0.717, 1.165) is 50.1 Å². The molecule has 4 aromatic rings. The summed E-state index contributed by atoms with van der Waals surface area (Å²) in [4.78, 5) is 24.7. The molecular formula is C22H21N5OS. The summed E-state index contributed by atoms with van der Waals surface area (Å²) in [5, 5.41) is 5.23. The Bertz CT molecular complexity index is 1230. The van der Waals surface area contributed by atoms with E-state index in [4.69, 9.17) is 10.7 Å². The molecule has 0 spiro atoms. The molecule has 1 atom stereocenters. The summed E-state index contributed by atoms with van der Waals surface area (Å²) in [6.45, 7) is 3.39. The summed E-state index contributed by atoms with van der Waals surface area (Å²) in [5.74, 6) is 0.600. The number of nitrogens with zero attached hydrogens (tertiary/aromatic N) is 3. The van der Waals surface area contributed by atoms with Crippen LogP contribution in [-0.4, -0.2) is 39.9 Å². The summed E-state index contributed by atoms with van der Waals surface area (Å²) in [7, 11) is 0. The highest BCUT2D eigenvalue weighted by molar-refractivity contribution is 7.21. The monoisotopic (exact) mass is 403 g/mol. The van der Waals surface area contributed by atoms with E-state index in [9.17, 15) is 4.79 Å². The zero-order valence-electron chi connectivity index (χ0n) is 16.1. The van der Waals surface area contributed by atoms with Crippen LogP contribution in [0.25, 0.3) is 21.0 Å². The van der Waals surface area contributed by atoms with E-state index in [2.05, 4.69) is 10.3 Å². The second kappa shape index (κ2) is 7.09. The zero-order chi connectivity index (χ0) is 20.0. The number of carbonyl (C=O) groups excluding carboxylic acids is 1. The number of nitrogens with one attached hydrogen (secondary N) is 1. The van der Waals surface area contributed by atoms with E-state index >= 15 is 0 Å². The van der Waals surface area contributed by atoms with E-state index in [0.29, 0.717) is 12.5 Å². The quantitative estimate of drug-likeness (QED) is 0.539. The molecule has 0 saturated carbocycles. The van der Waals surface area contributed by atoms with Gasteiger partial charge in [-0.1, -0.05) is 18.2 Å². The highest BCUT2D eigenvalue weighted by Gasteiger charge is 2.26. The largest absolute Gasteiger partial charge is 0.336 e. The molecule has 1 amide bonds. The minimum atomic E-state index is 0.0552. The van der Waals surface area contributed by atoms with Crippen LogP contribution >= 0.6 is 11.3 Å². The third-order valence-electron chi connectivity index (χ3n) is 5.36. The van der Waals surface area contributed by atoms with Crippen molar-refractivity contribution in [2.24, 2.45) is 5.73 Å². The van der Waals surface area contributed by atoms with Gasteiger partial charge in [0, 0.05) is 46.5 Å². The van der Waals surface area contributed by atoms with Crippen molar-refractivity contribution in [1.29, 1.82) is 0 Å². The van der Waals surface area contributed by atoms with Gasteiger partial charge in [-0.05, 0) is 43.2 Å². The molecular weight excluding hydrogens is 382 g/mol. The number of amides is 1. The highest BCUT2D eigenvalue weighted by Crippen LogP contribution is 2.33. The van der Waals surface area contributed by atoms with Crippen LogP contribution < -0.4 is 11.1 Å². The van der Waals surface area contributed by atoms with Gasteiger partial charge in [0.05, 0.1) is 10.4 Å². The Morgan fingerprint density at radius 1 is 1.28 bits per heavy atom. The normalized spacial score (nSPS) is 16.6. The average Bonchev–Trinajstić information content (AvgIpc) is 3.35. The maximum atomic E-state index is 12.9. The lowest BCUT2D eigenvalue weighted by Gasteiger charge is -2.13. The topological polar surface area (TPSA) is 84.1 Å². The van der Waals surface area contributed by atoms with E-state index < -0.39 is 0 Å². The number of hydrogen-bond acceptors (Lipinski definition) is 6. The van der Waals surface area contributed by atoms with Gasteiger partial charge in [0.25, 0.3) is 5.91 Å². The number of para-hydroxylation sites is 1. The van der Waals surface area contributed by atoms with Crippen molar-refractivity contribution < 1.29 is 4.79 Å². The van der Waals surface area contributed by atoms with Crippen molar-refractivity contribution in [3.05, 3.63) is 59.1 Å². The molecule has 6 nitrogen and oxygen atoms in total. The summed E-state index contributed by atoms with van der Waals surface area (Å²) in [6, 6.07) is 14.1. The predicted molar refractivity (Wildman–Crippen MR) is 118 cm³/mol. The fraction of sp³-hybridized carbons (Fsp3) is 0.227. The molecule has 3 heterocycles. The number of hydrogen-bond donors (Lipinski definition) is 2. The third kappa shape index (κ3) is 3.32.